The van der Waals surface area contributed by atoms with Crippen molar-refractivity contribution in [1.29, 1.82) is 0 Å². The number of nitrogens with zero attached hydrogens (tertiary/aromatic N) is 1. The van der Waals surface area contributed by atoms with Crippen LogP contribution in [0.3, 0.4) is 0 Å². The summed E-state index contributed by atoms with van der Waals surface area (Å²) in [6.45, 7) is 2.55. The van der Waals surface area contributed by atoms with Crippen molar-refractivity contribution in [3.63, 3.8) is 0 Å². The minimum absolute atomic E-state index is 0.0732. The molecular weight excluding hydrogens is 254 g/mol. The zero-order valence-corrected chi connectivity index (χ0v) is 10.8. The molecule has 0 radical (unpaired) electrons. The average Bonchev–Trinajstić information content (AvgIpc) is 2.70. The summed E-state index contributed by atoms with van der Waals surface area (Å²) in [5.74, 6) is -1.71. The molecule has 3 N–H and O–H groups in total. The standard InChI is InChI=1S/C12H19NO6/c1-9(5-8-18-7-2-6-14)12(17)19-13-10(15)3-4-11(13)16/h3-4,9,14-16H,2,5-8H2,1H3. The van der Waals surface area contributed by atoms with E-state index in [1.165, 1.54) is 12.1 Å². The first kappa shape index (κ1) is 15.3. The molecule has 1 heterocycles. The highest BCUT2D eigenvalue weighted by Crippen LogP contribution is 2.19. The van der Waals surface area contributed by atoms with Crippen molar-refractivity contribution in [3.8, 4) is 11.8 Å². The van der Waals surface area contributed by atoms with Crippen LogP contribution in [0.25, 0.3) is 0 Å². The Morgan fingerprint density at radius 2 is 1.95 bits per heavy atom. The van der Waals surface area contributed by atoms with Crippen molar-refractivity contribution in [1.82, 2.24) is 4.73 Å². The van der Waals surface area contributed by atoms with Gasteiger partial charge in [0.1, 0.15) is 0 Å². The van der Waals surface area contributed by atoms with Crippen molar-refractivity contribution in [3.05, 3.63) is 12.1 Å². The second-order valence-electron chi connectivity index (χ2n) is 4.13. The smallest absolute Gasteiger partial charge is 0.336 e. The molecule has 0 aromatic carbocycles. The molecule has 0 aliphatic carbocycles. The fraction of sp³-hybridized carbons (Fsp3) is 0.583. The fourth-order valence-electron chi connectivity index (χ4n) is 1.32. The summed E-state index contributed by atoms with van der Waals surface area (Å²) in [6.07, 6.45) is 1.01. The lowest BCUT2D eigenvalue weighted by Crippen LogP contribution is -2.26. The van der Waals surface area contributed by atoms with Crippen LogP contribution < -0.4 is 4.84 Å². The third kappa shape index (κ3) is 4.80. The van der Waals surface area contributed by atoms with E-state index in [-0.39, 0.29) is 18.4 Å². The van der Waals surface area contributed by atoms with Crippen molar-refractivity contribution in [2.45, 2.75) is 19.8 Å². The maximum absolute atomic E-state index is 11.7. The summed E-state index contributed by atoms with van der Waals surface area (Å²) in [5.41, 5.74) is 0. The van der Waals surface area contributed by atoms with Crippen molar-refractivity contribution in [2.75, 3.05) is 19.8 Å². The predicted octanol–water partition coefficient (Wildman–Crippen LogP) is 0.280. The summed E-state index contributed by atoms with van der Waals surface area (Å²) < 4.78 is 5.86. The number of aliphatic hydroxyl groups is 1. The van der Waals surface area contributed by atoms with Crippen LogP contribution >= 0.6 is 0 Å². The second-order valence-corrected chi connectivity index (χ2v) is 4.13. The van der Waals surface area contributed by atoms with Crippen LogP contribution in [0.1, 0.15) is 19.8 Å². The molecule has 0 saturated heterocycles. The quantitative estimate of drug-likeness (QED) is 0.588. The van der Waals surface area contributed by atoms with Gasteiger partial charge in [0.05, 0.1) is 5.92 Å². The Kier molecular flexibility index (Phi) is 6.17. The highest BCUT2D eigenvalue weighted by atomic mass is 16.7. The van der Waals surface area contributed by atoms with Gasteiger partial charge in [-0.2, -0.15) is 0 Å². The fourth-order valence-corrected chi connectivity index (χ4v) is 1.32. The Labute approximate surface area is 110 Å². The van der Waals surface area contributed by atoms with Gasteiger partial charge in [0.25, 0.3) is 0 Å². The number of aliphatic hydroxyl groups excluding tert-OH is 1. The van der Waals surface area contributed by atoms with Crippen LogP contribution in [0.5, 0.6) is 11.8 Å². The first-order chi connectivity index (χ1) is 9.06. The van der Waals surface area contributed by atoms with Gasteiger partial charge >= 0.3 is 5.97 Å². The van der Waals surface area contributed by atoms with Gasteiger partial charge in [0, 0.05) is 32.0 Å². The van der Waals surface area contributed by atoms with Gasteiger partial charge in [0.15, 0.2) is 0 Å². The van der Waals surface area contributed by atoms with Crippen LogP contribution in [-0.2, 0) is 9.53 Å². The number of aromatic hydroxyl groups is 2. The number of carbonyl (C=O) groups is 1. The lowest BCUT2D eigenvalue weighted by Gasteiger charge is -2.12. The summed E-state index contributed by atoms with van der Waals surface area (Å²) in [6, 6.07) is 2.43. The second kappa shape index (κ2) is 7.65. The minimum atomic E-state index is -0.576. The van der Waals surface area contributed by atoms with Gasteiger partial charge in [-0.1, -0.05) is 6.92 Å². The molecule has 0 bridgehead atoms. The van der Waals surface area contributed by atoms with Crippen LogP contribution in [0.15, 0.2) is 12.1 Å². The molecule has 0 amide bonds. The number of carbonyl (C=O) groups excluding carboxylic acids is 1. The monoisotopic (exact) mass is 273 g/mol. The number of rotatable bonds is 8. The van der Waals surface area contributed by atoms with Gasteiger partial charge in [0.2, 0.25) is 11.8 Å². The Bertz CT molecular complexity index is 383. The van der Waals surface area contributed by atoms with Gasteiger partial charge in [-0.15, -0.1) is 4.73 Å². The Morgan fingerprint density at radius 3 is 2.53 bits per heavy atom. The molecule has 0 fully saturated rings. The highest BCUT2D eigenvalue weighted by molar-refractivity contribution is 5.72. The van der Waals surface area contributed by atoms with Crippen molar-refractivity contribution in [2.24, 2.45) is 5.92 Å². The molecule has 7 nitrogen and oxygen atoms in total. The van der Waals surface area contributed by atoms with E-state index in [1.807, 2.05) is 0 Å². The summed E-state index contributed by atoms with van der Waals surface area (Å²) in [4.78, 5) is 16.5. The molecule has 7 heteroatoms. The van der Waals surface area contributed by atoms with E-state index >= 15 is 0 Å². The van der Waals surface area contributed by atoms with Gasteiger partial charge in [-0.05, 0) is 12.8 Å². The first-order valence-electron chi connectivity index (χ1n) is 6.06. The van der Waals surface area contributed by atoms with Crippen LogP contribution in [0, 0.1) is 5.92 Å². The summed E-state index contributed by atoms with van der Waals surface area (Å²) in [7, 11) is 0. The van der Waals surface area contributed by atoms with Gasteiger partial charge in [-0.25, -0.2) is 4.79 Å². The number of ether oxygens (including phenoxy) is 1. The molecule has 1 aromatic rings. The third-order valence-electron chi connectivity index (χ3n) is 2.52. The molecule has 108 valence electrons. The molecule has 1 rings (SSSR count). The summed E-state index contributed by atoms with van der Waals surface area (Å²) in [5, 5.41) is 27.2. The molecule has 0 aliphatic heterocycles. The molecule has 1 unspecified atom stereocenters. The van der Waals surface area contributed by atoms with Crippen LogP contribution in [0.4, 0.5) is 0 Å². The molecule has 0 saturated carbocycles. The predicted molar refractivity (Wildman–Crippen MR) is 65.7 cm³/mol. The van der Waals surface area contributed by atoms with E-state index in [2.05, 4.69) is 0 Å². The minimum Gasteiger partial charge on any atom is -0.492 e. The molecule has 0 spiro atoms. The maximum atomic E-state index is 11.7. The summed E-state index contributed by atoms with van der Waals surface area (Å²) >= 11 is 0. The van der Waals surface area contributed by atoms with E-state index in [0.29, 0.717) is 30.8 Å². The van der Waals surface area contributed by atoms with E-state index < -0.39 is 11.9 Å². The van der Waals surface area contributed by atoms with E-state index in [1.54, 1.807) is 6.92 Å². The van der Waals surface area contributed by atoms with Crippen LogP contribution in [0.2, 0.25) is 0 Å². The maximum Gasteiger partial charge on any atom is 0.336 e. The zero-order valence-electron chi connectivity index (χ0n) is 10.8. The topological polar surface area (TPSA) is 101 Å². The largest absolute Gasteiger partial charge is 0.492 e. The Morgan fingerprint density at radius 1 is 1.32 bits per heavy atom. The van der Waals surface area contributed by atoms with E-state index in [4.69, 9.17) is 14.7 Å². The third-order valence-corrected chi connectivity index (χ3v) is 2.52. The Balaban J connectivity index is 2.33. The molecule has 0 aliphatic rings. The molecule has 19 heavy (non-hydrogen) atoms. The van der Waals surface area contributed by atoms with E-state index in [9.17, 15) is 15.0 Å². The number of hydrogen-bond donors (Lipinski definition) is 3. The zero-order chi connectivity index (χ0) is 14.3. The molecular formula is C12H19NO6. The van der Waals surface area contributed by atoms with Gasteiger partial charge in [-0.3, -0.25) is 0 Å². The average molecular weight is 273 g/mol. The van der Waals surface area contributed by atoms with E-state index in [0.717, 1.165) is 0 Å². The van der Waals surface area contributed by atoms with Crippen molar-refractivity contribution < 1.29 is 29.7 Å². The lowest BCUT2D eigenvalue weighted by molar-refractivity contribution is -0.150. The molecule has 1 atom stereocenters. The Hall–Kier alpha value is -1.73. The number of hydrogen-bond acceptors (Lipinski definition) is 6. The molecule has 1 aromatic heterocycles. The first-order valence-corrected chi connectivity index (χ1v) is 6.06. The van der Waals surface area contributed by atoms with Crippen molar-refractivity contribution >= 4 is 5.97 Å². The highest BCUT2D eigenvalue weighted by Gasteiger charge is 2.18. The SMILES string of the molecule is CC(CCOCCCO)C(=O)On1c(O)ccc1O. The van der Waals surface area contributed by atoms with Crippen LogP contribution in [-0.4, -0.2) is 45.8 Å². The number of aromatic nitrogens is 1. The normalized spacial score (nSPS) is 12.3. The lowest BCUT2D eigenvalue weighted by atomic mass is 10.1. The van der Waals surface area contributed by atoms with Gasteiger partial charge < -0.3 is 24.9 Å².